The molecule has 3 rings (SSSR count). The van der Waals surface area contributed by atoms with Crippen LogP contribution >= 0.6 is 0 Å². The van der Waals surface area contributed by atoms with Gasteiger partial charge in [-0.05, 0) is 19.3 Å². The molecule has 3 nitrogen and oxygen atoms in total. The monoisotopic (exact) mass is 242 g/mol. The number of hydrogen-bond acceptors (Lipinski definition) is 2. The third-order valence-corrected chi connectivity index (χ3v) is 3.62. The summed E-state index contributed by atoms with van der Waals surface area (Å²) in [6.07, 6.45) is 6.85. The van der Waals surface area contributed by atoms with Crippen LogP contribution in [0.2, 0.25) is 0 Å². The second-order valence-electron chi connectivity index (χ2n) is 5.03. The van der Waals surface area contributed by atoms with E-state index >= 15 is 0 Å². The Morgan fingerprint density at radius 3 is 2.82 bits per heavy atom. The Labute approximate surface area is 98.8 Å². The number of halogens is 2. The van der Waals surface area contributed by atoms with Crippen LogP contribution in [0.5, 0.6) is 0 Å². The Morgan fingerprint density at radius 2 is 2.18 bits per heavy atom. The molecule has 1 saturated heterocycles. The fourth-order valence-corrected chi connectivity index (χ4v) is 2.54. The van der Waals surface area contributed by atoms with Crippen molar-refractivity contribution >= 4 is 0 Å². The lowest BCUT2D eigenvalue weighted by Crippen LogP contribution is -2.37. The Kier molecular flexibility index (Phi) is 2.65. The standard InChI is InChI=1S/C12H16F2N2O/c13-12(14)5-10(6-12)16-8-9(7-15-16)11-3-1-2-4-17-11/h7-8,10-11H,1-6H2. The summed E-state index contributed by atoms with van der Waals surface area (Å²) in [4.78, 5) is 0. The number of aromatic nitrogens is 2. The first-order valence-corrected chi connectivity index (χ1v) is 6.17. The zero-order valence-corrected chi connectivity index (χ0v) is 9.61. The number of ether oxygens (including phenoxy) is 1. The predicted molar refractivity (Wildman–Crippen MR) is 58.0 cm³/mol. The zero-order valence-electron chi connectivity index (χ0n) is 9.61. The third kappa shape index (κ3) is 2.20. The molecule has 2 heterocycles. The fraction of sp³-hybridized carbons (Fsp3) is 0.750. The lowest BCUT2D eigenvalue weighted by Gasteiger charge is -2.34. The lowest BCUT2D eigenvalue weighted by molar-refractivity contribution is -0.107. The van der Waals surface area contributed by atoms with E-state index in [1.54, 1.807) is 10.9 Å². The summed E-state index contributed by atoms with van der Waals surface area (Å²) < 4.78 is 32.9. The first-order valence-electron chi connectivity index (χ1n) is 6.17. The first-order chi connectivity index (χ1) is 8.14. The van der Waals surface area contributed by atoms with Crippen LogP contribution in [0.4, 0.5) is 8.78 Å². The molecule has 0 amide bonds. The van der Waals surface area contributed by atoms with Crippen molar-refractivity contribution in [2.24, 2.45) is 0 Å². The molecule has 1 aliphatic heterocycles. The van der Waals surface area contributed by atoms with Gasteiger partial charge in [0.15, 0.2) is 0 Å². The Bertz CT molecular complexity index is 391. The molecule has 94 valence electrons. The molecule has 0 radical (unpaired) electrons. The second kappa shape index (κ2) is 4.05. The summed E-state index contributed by atoms with van der Waals surface area (Å²) in [7, 11) is 0. The summed E-state index contributed by atoms with van der Waals surface area (Å²) in [6.45, 7) is 0.789. The molecule has 1 atom stereocenters. The van der Waals surface area contributed by atoms with Crippen molar-refractivity contribution < 1.29 is 13.5 Å². The van der Waals surface area contributed by atoms with Crippen molar-refractivity contribution in [2.45, 2.75) is 50.2 Å². The van der Waals surface area contributed by atoms with Gasteiger partial charge in [-0.2, -0.15) is 5.10 Å². The first kappa shape index (κ1) is 11.1. The van der Waals surface area contributed by atoms with Crippen LogP contribution < -0.4 is 0 Å². The van der Waals surface area contributed by atoms with Gasteiger partial charge in [-0.25, -0.2) is 8.78 Å². The van der Waals surface area contributed by atoms with E-state index in [1.165, 1.54) is 0 Å². The summed E-state index contributed by atoms with van der Waals surface area (Å²) in [5.74, 6) is -2.49. The number of nitrogens with zero attached hydrogens (tertiary/aromatic N) is 2. The van der Waals surface area contributed by atoms with Gasteiger partial charge in [0.1, 0.15) is 0 Å². The predicted octanol–water partition coefficient (Wildman–Crippen LogP) is 3.09. The molecule has 0 aromatic carbocycles. The van der Waals surface area contributed by atoms with E-state index in [4.69, 9.17) is 4.74 Å². The molecule has 2 fully saturated rings. The van der Waals surface area contributed by atoms with E-state index in [-0.39, 0.29) is 25.0 Å². The Balaban J connectivity index is 1.66. The topological polar surface area (TPSA) is 27.1 Å². The molecular formula is C12H16F2N2O. The van der Waals surface area contributed by atoms with Gasteiger partial charge in [-0.1, -0.05) is 0 Å². The average Bonchev–Trinajstić information content (AvgIpc) is 2.76. The minimum absolute atomic E-state index is 0.0837. The molecule has 0 spiro atoms. The highest BCUT2D eigenvalue weighted by Crippen LogP contribution is 2.45. The molecule has 17 heavy (non-hydrogen) atoms. The van der Waals surface area contributed by atoms with Crippen LogP contribution in [0.15, 0.2) is 12.4 Å². The van der Waals surface area contributed by atoms with Crippen LogP contribution in [0.25, 0.3) is 0 Å². The molecular weight excluding hydrogens is 226 g/mol. The molecule has 5 heteroatoms. The van der Waals surface area contributed by atoms with Crippen LogP contribution in [0.1, 0.15) is 49.8 Å². The van der Waals surface area contributed by atoms with Crippen LogP contribution in [0.3, 0.4) is 0 Å². The highest BCUT2D eigenvalue weighted by atomic mass is 19.3. The average molecular weight is 242 g/mol. The maximum atomic E-state index is 12.8. The van der Waals surface area contributed by atoms with E-state index in [0.29, 0.717) is 0 Å². The van der Waals surface area contributed by atoms with Crippen molar-refractivity contribution in [2.75, 3.05) is 6.61 Å². The van der Waals surface area contributed by atoms with Gasteiger partial charge in [0.05, 0.1) is 18.3 Å². The molecule has 0 N–H and O–H groups in total. The highest BCUT2D eigenvalue weighted by molar-refractivity contribution is 5.10. The molecule has 1 aromatic heterocycles. The molecule has 0 bridgehead atoms. The minimum Gasteiger partial charge on any atom is -0.373 e. The summed E-state index contributed by atoms with van der Waals surface area (Å²) in [6, 6.07) is -0.137. The Hall–Kier alpha value is -0.970. The summed E-state index contributed by atoms with van der Waals surface area (Å²) >= 11 is 0. The largest absolute Gasteiger partial charge is 0.373 e. The third-order valence-electron chi connectivity index (χ3n) is 3.62. The van der Waals surface area contributed by atoms with Crippen molar-refractivity contribution in [3.63, 3.8) is 0 Å². The normalized spacial score (nSPS) is 28.9. The van der Waals surface area contributed by atoms with Crippen LogP contribution in [-0.4, -0.2) is 22.3 Å². The number of alkyl halides is 2. The van der Waals surface area contributed by atoms with E-state index in [9.17, 15) is 8.78 Å². The van der Waals surface area contributed by atoms with E-state index < -0.39 is 5.92 Å². The van der Waals surface area contributed by atoms with E-state index in [0.717, 1.165) is 31.4 Å². The molecule has 1 unspecified atom stereocenters. The van der Waals surface area contributed by atoms with E-state index in [1.807, 2.05) is 6.20 Å². The van der Waals surface area contributed by atoms with Gasteiger partial charge < -0.3 is 4.74 Å². The zero-order chi connectivity index (χ0) is 11.9. The van der Waals surface area contributed by atoms with Gasteiger partial charge in [0, 0.05) is 31.2 Å². The van der Waals surface area contributed by atoms with Gasteiger partial charge in [0.2, 0.25) is 0 Å². The molecule has 1 aromatic rings. The minimum atomic E-state index is -2.49. The lowest BCUT2D eigenvalue weighted by atomic mass is 9.88. The van der Waals surface area contributed by atoms with Gasteiger partial charge in [-0.15, -0.1) is 0 Å². The molecule has 2 aliphatic rings. The van der Waals surface area contributed by atoms with Crippen molar-refractivity contribution in [3.8, 4) is 0 Å². The van der Waals surface area contributed by atoms with Gasteiger partial charge in [0.25, 0.3) is 5.92 Å². The number of hydrogen-bond donors (Lipinski definition) is 0. The SMILES string of the molecule is FC1(F)CC(n2cc(C3CCCCO3)cn2)C1. The summed E-state index contributed by atoms with van der Waals surface area (Å²) in [5.41, 5.74) is 1.03. The number of rotatable bonds is 2. The Morgan fingerprint density at radius 1 is 1.35 bits per heavy atom. The molecule has 1 saturated carbocycles. The maximum Gasteiger partial charge on any atom is 0.252 e. The van der Waals surface area contributed by atoms with Crippen LogP contribution in [0, 0.1) is 0 Å². The van der Waals surface area contributed by atoms with Crippen molar-refractivity contribution in [1.29, 1.82) is 0 Å². The highest BCUT2D eigenvalue weighted by Gasteiger charge is 2.46. The quantitative estimate of drug-likeness (QED) is 0.796. The van der Waals surface area contributed by atoms with Gasteiger partial charge in [-0.3, -0.25) is 4.68 Å². The van der Waals surface area contributed by atoms with E-state index in [2.05, 4.69) is 5.10 Å². The molecule has 1 aliphatic carbocycles. The van der Waals surface area contributed by atoms with Crippen molar-refractivity contribution in [3.05, 3.63) is 18.0 Å². The second-order valence-corrected chi connectivity index (χ2v) is 5.03. The smallest absolute Gasteiger partial charge is 0.252 e. The van der Waals surface area contributed by atoms with Crippen LogP contribution in [-0.2, 0) is 4.74 Å². The summed E-state index contributed by atoms with van der Waals surface area (Å²) in [5, 5.41) is 4.18. The van der Waals surface area contributed by atoms with Crippen molar-refractivity contribution in [1.82, 2.24) is 9.78 Å². The van der Waals surface area contributed by atoms with Gasteiger partial charge >= 0.3 is 0 Å². The fourth-order valence-electron chi connectivity index (χ4n) is 2.54. The maximum absolute atomic E-state index is 12.8.